The molecule has 2 rings (SSSR count). The number of carboxylic acid groups (broad SMARTS) is 1. The summed E-state index contributed by atoms with van der Waals surface area (Å²) in [5, 5.41) is 12.3. The third-order valence-corrected chi connectivity index (χ3v) is 4.97. The molecule has 146 valence electrons. The van der Waals surface area contributed by atoms with Crippen LogP contribution < -0.4 is 5.32 Å². The lowest BCUT2D eigenvalue weighted by Crippen LogP contribution is -2.01. The van der Waals surface area contributed by atoms with Gasteiger partial charge in [0.1, 0.15) is 0 Å². The van der Waals surface area contributed by atoms with Gasteiger partial charge in [0.25, 0.3) is 0 Å². The van der Waals surface area contributed by atoms with Crippen molar-refractivity contribution in [3.05, 3.63) is 65.2 Å². The minimum Gasteiger partial charge on any atom is -0.478 e. The van der Waals surface area contributed by atoms with Crippen molar-refractivity contribution >= 4 is 11.7 Å². The van der Waals surface area contributed by atoms with Gasteiger partial charge in [0.05, 0.1) is 5.56 Å². The maximum Gasteiger partial charge on any atom is 0.335 e. The van der Waals surface area contributed by atoms with Gasteiger partial charge in [0.2, 0.25) is 0 Å². The van der Waals surface area contributed by atoms with Crippen molar-refractivity contribution in [3.8, 4) is 0 Å². The molecule has 0 radical (unpaired) electrons. The summed E-state index contributed by atoms with van der Waals surface area (Å²) in [6.07, 6.45) is 12.0. The van der Waals surface area contributed by atoms with E-state index in [0.29, 0.717) is 5.56 Å². The van der Waals surface area contributed by atoms with Crippen molar-refractivity contribution in [2.75, 3.05) is 5.32 Å². The fraction of sp³-hybridized carbons (Fsp3) is 0.458. The number of carbonyl (C=O) groups is 1. The Balaban J connectivity index is 1.64. The number of hydrogen-bond acceptors (Lipinski definition) is 2. The van der Waals surface area contributed by atoms with Crippen LogP contribution in [0.4, 0.5) is 5.69 Å². The third kappa shape index (κ3) is 8.29. The van der Waals surface area contributed by atoms with Crippen LogP contribution in [0.5, 0.6) is 0 Å². The van der Waals surface area contributed by atoms with Gasteiger partial charge in [-0.3, -0.25) is 0 Å². The molecule has 0 fully saturated rings. The summed E-state index contributed by atoms with van der Waals surface area (Å²) >= 11 is 0. The van der Waals surface area contributed by atoms with E-state index in [2.05, 4.69) is 36.5 Å². The van der Waals surface area contributed by atoms with Gasteiger partial charge in [0, 0.05) is 12.2 Å². The fourth-order valence-corrected chi connectivity index (χ4v) is 3.22. The lowest BCUT2D eigenvalue weighted by Gasteiger charge is -2.08. The lowest BCUT2D eigenvalue weighted by atomic mass is 10.0. The number of nitrogens with one attached hydrogen (secondary N) is 1. The molecule has 0 heterocycles. The van der Waals surface area contributed by atoms with E-state index in [9.17, 15) is 4.79 Å². The van der Waals surface area contributed by atoms with Crippen molar-refractivity contribution in [1.29, 1.82) is 0 Å². The Morgan fingerprint density at radius 2 is 1.33 bits per heavy atom. The Hall–Kier alpha value is -2.29. The number of unbranched alkanes of at least 4 members (excludes halogenated alkanes) is 7. The molecule has 0 amide bonds. The van der Waals surface area contributed by atoms with Gasteiger partial charge in [-0.15, -0.1) is 0 Å². The second kappa shape index (κ2) is 12.2. The molecule has 3 heteroatoms. The van der Waals surface area contributed by atoms with E-state index in [1.165, 1.54) is 68.9 Å². The maximum atomic E-state index is 10.9. The zero-order chi connectivity index (χ0) is 19.3. The van der Waals surface area contributed by atoms with E-state index in [4.69, 9.17) is 5.11 Å². The highest BCUT2D eigenvalue weighted by Crippen LogP contribution is 2.14. The molecule has 0 unspecified atom stereocenters. The van der Waals surface area contributed by atoms with Crippen LogP contribution in [-0.2, 0) is 13.0 Å². The molecule has 2 N–H and O–H groups in total. The van der Waals surface area contributed by atoms with Gasteiger partial charge < -0.3 is 10.4 Å². The van der Waals surface area contributed by atoms with Gasteiger partial charge in [-0.1, -0.05) is 76.1 Å². The molecule has 0 saturated heterocycles. The molecule has 3 nitrogen and oxygen atoms in total. The molecule has 27 heavy (non-hydrogen) atoms. The summed E-state index contributed by atoms with van der Waals surface area (Å²) in [6.45, 7) is 3.00. The summed E-state index contributed by atoms with van der Waals surface area (Å²) in [4.78, 5) is 10.9. The second-order valence-corrected chi connectivity index (χ2v) is 7.28. The van der Waals surface area contributed by atoms with E-state index >= 15 is 0 Å². The fourth-order valence-electron chi connectivity index (χ4n) is 3.22. The van der Waals surface area contributed by atoms with Crippen molar-refractivity contribution in [2.45, 2.75) is 71.3 Å². The molecular weight excluding hydrogens is 334 g/mol. The minimum absolute atomic E-state index is 0.311. The molecule has 0 aromatic heterocycles. The molecule has 0 atom stereocenters. The number of anilines is 1. The van der Waals surface area contributed by atoms with Crippen LogP contribution >= 0.6 is 0 Å². The van der Waals surface area contributed by atoms with Crippen molar-refractivity contribution < 1.29 is 9.90 Å². The predicted molar refractivity (Wildman–Crippen MR) is 113 cm³/mol. The Kier molecular flexibility index (Phi) is 9.47. The summed E-state index contributed by atoms with van der Waals surface area (Å²) in [6, 6.07) is 15.7. The smallest absolute Gasteiger partial charge is 0.335 e. The first-order valence-electron chi connectivity index (χ1n) is 10.3. The number of benzene rings is 2. The minimum atomic E-state index is -0.895. The standard InChI is InChI=1S/C24H33NO2/c1-2-3-4-5-6-7-8-9-10-20-11-13-21(14-12-20)19-25-23-17-15-22(16-18-23)24(26)27/h11-18,25H,2-10,19H2,1H3,(H,26,27). The van der Waals surface area contributed by atoms with E-state index in [1.807, 2.05) is 0 Å². The second-order valence-electron chi connectivity index (χ2n) is 7.28. The van der Waals surface area contributed by atoms with Gasteiger partial charge in [0.15, 0.2) is 0 Å². The van der Waals surface area contributed by atoms with E-state index in [1.54, 1.807) is 24.3 Å². The SMILES string of the molecule is CCCCCCCCCCc1ccc(CNc2ccc(C(=O)O)cc2)cc1. The normalized spacial score (nSPS) is 10.7. The molecule has 2 aromatic rings. The topological polar surface area (TPSA) is 49.3 Å². The van der Waals surface area contributed by atoms with Gasteiger partial charge in [-0.2, -0.15) is 0 Å². The molecule has 2 aromatic carbocycles. The molecule has 0 aliphatic carbocycles. The summed E-state index contributed by atoms with van der Waals surface area (Å²) in [5.41, 5.74) is 3.89. The largest absolute Gasteiger partial charge is 0.478 e. The molecular formula is C24H33NO2. The van der Waals surface area contributed by atoms with Crippen molar-refractivity contribution in [3.63, 3.8) is 0 Å². The van der Waals surface area contributed by atoms with Gasteiger partial charge in [-0.05, 0) is 48.2 Å². The van der Waals surface area contributed by atoms with E-state index < -0.39 is 5.97 Å². The van der Waals surface area contributed by atoms with Gasteiger partial charge >= 0.3 is 5.97 Å². The molecule has 0 saturated carbocycles. The zero-order valence-electron chi connectivity index (χ0n) is 16.5. The average molecular weight is 368 g/mol. The first-order valence-corrected chi connectivity index (χ1v) is 10.3. The van der Waals surface area contributed by atoms with Gasteiger partial charge in [-0.25, -0.2) is 4.79 Å². The molecule has 0 spiro atoms. The first kappa shape index (κ1) is 21.0. The third-order valence-electron chi connectivity index (χ3n) is 4.97. The Morgan fingerprint density at radius 3 is 1.93 bits per heavy atom. The molecule has 0 aliphatic heterocycles. The van der Waals surface area contributed by atoms with E-state index in [-0.39, 0.29) is 0 Å². The van der Waals surface area contributed by atoms with Crippen LogP contribution in [-0.4, -0.2) is 11.1 Å². The highest BCUT2D eigenvalue weighted by atomic mass is 16.4. The first-order chi connectivity index (χ1) is 13.2. The number of aryl methyl sites for hydroxylation is 1. The van der Waals surface area contributed by atoms with Crippen LogP contribution in [0.25, 0.3) is 0 Å². The Labute approximate surface area is 163 Å². The van der Waals surface area contributed by atoms with Crippen LogP contribution in [0, 0.1) is 0 Å². The summed E-state index contributed by atoms with van der Waals surface area (Å²) < 4.78 is 0. The Morgan fingerprint density at radius 1 is 0.778 bits per heavy atom. The quantitative estimate of drug-likeness (QED) is 0.388. The van der Waals surface area contributed by atoms with E-state index in [0.717, 1.165) is 12.2 Å². The number of aromatic carboxylic acids is 1. The molecule has 0 aliphatic rings. The number of hydrogen-bond donors (Lipinski definition) is 2. The Bertz CT molecular complexity index is 662. The average Bonchev–Trinajstić information content (AvgIpc) is 2.69. The number of rotatable bonds is 13. The van der Waals surface area contributed by atoms with Crippen LogP contribution in [0.2, 0.25) is 0 Å². The summed E-state index contributed by atoms with van der Waals surface area (Å²) in [5.74, 6) is -0.895. The predicted octanol–water partition coefficient (Wildman–Crippen LogP) is 6.68. The van der Waals surface area contributed by atoms with Crippen molar-refractivity contribution in [1.82, 2.24) is 0 Å². The highest BCUT2D eigenvalue weighted by molar-refractivity contribution is 5.87. The zero-order valence-corrected chi connectivity index (χ0v) is 16.5. The van der Waals surface area contributed by atoms with Crippen LogP contribution in [0.15, 0.2) is 48.5 Å². The molecule has 0 bridgehead atoms. The highest BCUT2D eigenvalue weighted by Gasteiger charge is 2.02. The summed E-state index contributed by atoms with van der Waals surface area (Å²) in [7, 11) is 0. The monoisotopic (exact) mass is 367 g/mol. The van der Waals surface area contributed by atoms with Crippen LogP contribution in [0.1, 0.15) is 79.8 Å². The number of carboxylic acids is 1. The lowest BCUT2D eigenvalue weighted by molar-refractivity contribution is 0.0697. The van der Waals surface area contributed by atoms with Crippen LogP contribution in [0.3, 0.4) is 0 Å². The van der Waals surface area contributed by atoms with Crippen molar-refractivity contribution in [2.24, 2.45) is 0 Å². The maximum absolute atomic E-state index is 10.9.